The number of hydrogen-bond donors (Lipinski definition) is 1. The first-order valence-electron chi connectivity index (χ1n) is 11.1. The van der Waals surface area contributed by atoms with Crippen LogP contribution in [0.5, 0.6) is 5.75 Å². The molecule has 3 saturated heterocycles. The van der Waals surface area contributed by atoms with Crippen LogP contribution in [0.25, 0.3) is 0 Å². The van der Waals surface area contributed by atoms with Gasteiger partial charge in [0, 0.05) is 38.6 Å². The van der Waals surface area contributed by atoms with E-state index in [-0.39, 0.29) is 24.2 Å². The number of halogens is 1. The SMILES string of the molecule is Cl.O=C(CCOc1ccccc1)N1CCC(C(=O)N2CCC3(CCNC3)CC2)CC1. The van der Waals surface area contributed by atoms with Crippen molar-refractivity contribution in [2.45, 2.75) is 38.5 Å². The van der Waals surface area contributed by atoms with Gasteiger partial charge in [-0.15, -0.1) is 12.4 Å². The van der Waals surface area contributed by atoms with E-state index in [1.165, 1.54) is 6.42 Å². The number of rotatable bonds is 5. The lowest BCUT2D eigenvalue weighted by atomic mass is 9.77. The van der Waals surface area contributed by atoms with E-state index < -0.39 is 0 Å². The van der Waals surface area contributed by atoms with Gasteiger partial charge >= 0.3 is 0 Å². The maximum absolute atomic E-state index is 12.9. The number of nitrogens with one attached hydrogen (secondary N) is 1. The molecule has 3 heterocycles. The lowest BCUT2D eigenvalue weighted by Crippen LogP contribution is -2.48. The first kappa shape index (κ1) is 22.9. The first-order valence-corrected chi connectivity index (χ1v) is 11.1. The molecule has 166 valence electrons. The standard InChI is InChI=1S/C23H33N3O3.ClH/c27-21(8-17-29-20-4-2-1-3-5-20)25-13-6-19(7-14-25)22(28)26-15-10-23(11-16-26)9-12-24-18-23;/h1-5,19,24H,6-18H2;1H. The number of ether oxygens (including phenoxy) is 1. The summed E-state index contributed by atoms with van der Waals surface area (Å²) in [4.78, 5) is 29.4. The van der Waals surface area contributed by atoms with Crippen LogP contribution < -0.4 is 10.1 Å². The average molecular weight is 436 g/mol. The molecule has 3 aliphatic rings. The minimum atomic E-state index is 0. The van der Waals surface area contributed by atoms with Crippen molar-refractivity contribution in [3.8, 4) is 5.75 Å². The number of amides is 2. The minimum absolute atomic E-state index is 0. The fraction of sp³-hybridized carbons (Fsp3) is 0.652. The van der Waals surface area contributed by atoms with E-state index in [0.717, 1.165) is 57.6 Å². The van der Waals surface area contributed by atoms with Crippen LogP contribution in [0.15, 0.2) is 30.3 Å². The van der Waals surface area contributed by atoms with Gasteiger partial charge in [0.2, 0.25) is 11.8 Å². The van der Waals surface area contributed by atoms with Crippen LogP contribution in [0, 0.1) is 11.3 Å². The molecule has 0 unspecified atom stereocenters. The molecular weight excluding hydrogens is 402 g/mol. The summed E-state index contributed by atoms with van der Waals surface area (Å²) < 4.78 is 5.63. The normalized spacial score (nSPS) is 21.3. The smallest absolute Gasteiger partial charge is 0.225 e. The Hall–Kier alpha value is -1.79. The number of nitrogens with zero attached hydrogens (tertiary/aromatic N) is 2. The third-order valence-electron chi connectivity index (χ3n) is 6.99. The molecule has 0 saturated carbocycles. The van der Waals surface area contributed by atoms with Gasteiger partial charge in [-0.05, 0) is 56.2 Å². The van der Waals surface area contributed by atoms with Crippen LogP contribution in [0.4, 0.5) is 0 Å². The molecule has 0 aromatic heterocycles. The Labute approximate surface area is 185 Å². The highest BCUT2D eigenvalue weighted by Gasteiger charge is 2.39. The molecule has 0 radical (unpaired) electrons. The molecule has 0 atom stereocenters. The number of likely N-dealkylation sites (tertiary alicyclic amines) is 2. The summed E-state index contributed by atoms with van der Waals surface area (Å²) in [5.41, 5.74) is 0.439. The largest absolute Gasteiger partial charge is 0.493 e. The molecule has 6 nitrogen and oxygen atoms in total. The molecule has 3 aliphatic heterocycles. The zero-order valence-electron chi connectivity index (χ0n) is 17.7. The van der Waals surface area contributed by atoms with Gasteiger partial charge in [-0.1, -0.05) is 18.2 Å². The number of carbonyl (C=O) groups excluding carboxylic acids is 2. The lowest BCUT2D eigenvalue weighted by molar-refractivity contribution is -0.142. The third kappa shape index (κ3) is 5.46. The number of benzene rings is 1. The summed E-state index contributed by atoms with van der Waals surface area (Å²) in [5.74, 6) is 1.31. The van der Waals surface area contributed by atoms with Crippen LogP contribution in [-0.2, 0) is 9.59 Å². The summed E-state index contributed by atoms with van der Waals surface area (Å²) in [7, 11) is 0. The van der Waals surface area contributed by atoms with Crippen LogP contribution in [0.3, 0.4) is 0 Å². The van der Waals surface area contributed by atoms with Crippen LogP contribution in [0.2, 0.25) is 0 Å². The Morgan fingerprint density at radius 1 is 1.00 bits per heavy atom. The molecule has 0 aliphatic carbocycles. The van der Waals surface area contributed by atoms with Gasteiger partial charge in [-0.25, -0.2) is 0 Å². The van der Waals surface area contributed by atoms with E-state index in [0.29, 0.717) is 37.4 Å². The zero-order valence-corrected chi connectivity index (χ0v) is 18.5. The first-order chi connectivity index (χ1) is 14.2. The molecular formula is C23H34ClN3O3. The zero-order chi connectivity index (χ0) is 20.1. The Kier molecular flexibility index (Phi) is 8.00. The van der Waals surface area contributed by atoms with Gasteiger partial charge in [-0.2, -0.15) is 0 Å². The maximum Gasteiger partial charge on any atom is 0.225 e. The van der Waals surface area contributed by atoms with Gasteiger partial charge in [0.1, 0.15) is 5.75 Å². The van der Waals surface area contributed by atoms with Crippen molar-refractivity contribution >= 4 is 24.2 Å². The van der Waals surface area contributed by atoms with Gasteiger partial charge in [-0.3, -0.25) is 9.59 Å². The Bertz CT molecular complexity index is 691. The van der Waals surface area contributed by atoms with Crippen molar-refractivity contribution in [2.75, 3.05) is 45.9 Å². The highest BCUT2D eigenvalue weighted by molar-refractivity contribution is 5.85. The van der Waals surface area contributed by atoms with Gasteiger partial charge < -0.3 is 19.9 Å². The molecule has 1 aromatic rings. The van der Waals surface area contributed by atoms with Gasteiger partial charge in [0.15, 0.2) is 0 Å². The summed E-state index contributed by atoms with van der Waals surface area (Å²) in [5, 5.41) is 3.48. The highest BCUT2D eigenvalue weighted by Crippen LogP contribution is 2.37. The second-order valence-corrected chi connectivity index (χ2v) is 8.82. The van der Waals surface area contributed by atoms with Gasteiger partial charge in [0.25, 0.3) is 0 Å². The van der Waals surface area contributed by atoms with Crippen molar-refractivity contribution in [2.24, 2.45) is 11.3 Å². The minimum Gasteiger partial charge on any atom is -0.493 e. The fourth-order valence-corrected chi connectivity index (χ4v) is 4.99. The van der Waals surface area contributed by atoms with Crippen molar-refractivity contribution in [1.29, 1.82) is 0 Å². The fourth-order valence-electron chi connectivity index (χ4n) is 4.99. The summed E-state index contributed by atoms with van der Waals surface area (Å²) in [6, 6.07) is 9.58. The summed E-state index contributed by atoms with van der Waals surface area (Å²) in [6.07, 6.45) is 5.47. The molecule has 2 amide bonds. The van der Waals surface area contributed by atoms with E-state index in [2.05, 4.69) is 10.2 Å². The van der Waals surface area contributed by atoms with E-state index in [4.69, 9.17) is 4.74 Å². The Morgan fingerprint density at radius 2 is 1.70 bits per heavy atom. The predicted octanol–water partition coefficient (Wildman–Crippen LogP) is 2.72. The van der Waals surface area contributed by atoms with Crippen molar-refractivity contribution < 1.29 is 14.3 Å². The van der Waals surface area contributed by atoms with Crippen LogP contribution in [-0.4, -0.2) is 67.5 Å². The van der Waals surface area contributed by atoms with Gasteiger partial charge in [0.05, 0.1) is 13.0 Å². The highest BCUT2D eigenvalue weighted by atomic mass is 35.5. The van der Waals surface area contributed by atoms with E-state index in [1.54, 1.807) is 0 Å². The molecule has 1 spiro atoms. The van der Waals surface area contributed by atoms with Crippen LogP contribution >= 0.6 is 12.4 Å². The van der Waals surface area contributed by atoms with Crippen molar-refractivity contribution in [3.63, 3.8) is 0 Å². The Balaban J connectivity index is 0.00000256. The second kappa shape index (κ2) is 10.5. The van der Waals surface area contributed by atoms with E-state index in [1.807, 2.05) is 35.2 Å². The van der Waals surface area contributed by atoms with Crippen molar-refractivity contribution in [3.05, 3.63) is 30.3 Å². The number of carbonyl (C=O) groups is 2. The summed E-state index contributed by atoms with van der Waals surface area (Å²) in [6.45, 7) is 5.80. The monoisotopic (exact) mass is 435 g/mol. The maximum atomic E-state index is 12.9. The molecule has 7 heteroatoms. The average Bonchev–Trinajstić information content (AvgIpc) is 3.22. The quantitative estimate of drug-likeness (QED) is 0.772. The third-order valence-corrected chi connectivity index (χ3v) is 6.99. The summed E-state index contributed by atoms with van der Waals surface area (Å²) >= 11 is 0. The van der Waals surface area contributed by atoms with E-state index in [9.17, 15) is 9.59 Å². The van der Waals surface area contributed by atoms with Crippen LogP contribution in [0.1, 0.15) is 38.5 Å². The predicted molar refractivity (Wildman–Crippen MR) is 119 cm³/mol. The number of piperidine rings is 2. The lowest BCUT2D eigenvalue weighted by Gasteiger charge is -2.41. The topological polar surface area (TPSA) is 61.9 Å². The van der Waals surface area contributed by atoms with Crippen molar-refractivity contribution in [1.82, 2.24) is 15.1 Å². The number of hydrogen-bond acceptors (Lipinski definition) is 4. The molecule has 30 heavy (non-hydrogen) atoms. The second-order valence-electron chi connectivity index (χ2n) is 8.82. The molecule has 1 aromatic carbocycles. The van der Waals surface area contributed by atoms with E-state index >= 15 is 0 Å². The molecule has 3 fully saturated rings. The number of para-hydroxylation sites is 1. The molecule has 4 rings (SSSR count). The molecule has 1 N–H and O–H groups in total. The Morgan fingerprint density at radius 3 is 2.33 bits per heavy atom. The molecule has 0 bridgehead atoms.